The number of hydrogen-bond acceptors (Lipinski definition) is 5. The number of anilines is 1. The molecule has 2 aromatic rings. The Morgan fingerprint density at radius 3 is 2.35 bits per heavy atom. The zero-order valence-corrected chi connectivity index (χ0v) is 14.9. The van der Waals surface area contributed by atoms with Gasteiger partial charge in [0.15, 0.2) is 5.16 Å². The van der Waals surface area contributed by atoms with Crippen LogP contribution in [-0.4, -0.2) is 57.5 Å². The molecule has 0 bridgehead atoms. The first kappa shape index (κ1) is 18.6. The highest BCUT2D eigenvalue weighted by Crippen LogP contribution is 2.29. The van der Waals surface area contributed by atoms with Crippen LogP contribution >= 0.6 is 11.8 Å². The maximum Gasteiger partial charge on any atom is 0.451 e. The molecule has 1 aromatic carbocycles. The molecule has 2 heterocycles. The fourth-order valence-corrected chi connectivity index (χ4v) is 3.57. The third-order valence-electron chi connectivity index (χ3n) is 4.17. The predicted molar refractivity (Wildman–Crippen MR) is 92.0 cm³/mol. The number of thioether (sulfide) groups is 1. The average Bonchev–Trinajstić information content (AvgIpc) is 3.01. The number of carbonyl (C=O) groups excluding carboxylic acids is 1. The van der Waals surface area contributed by atoms with Gasteiger partial charge in [0.25, 0.3) is 0 Å². The van der Waals surface area contributed by atoms with Crippen LogP contribution in [0.4, 0.5) is 18.9 Å². The van der Waals surface area contributed by atoms with Crippen molar-refractivity contribution < 1.29 is 18.0 Å². The molecule has 1 aliphatic rings. The van der Waals surface area contributed by atoms with E-state index in [2.05, 4.69) is 15.1 Å². The average molecular weight is 385 g/mol. The summed E-state index contributed by atoms with van der Waals surface area (Å²) in [5, 5.41) is 6.76. The van der Waals surface area contributed by atoms with E-state index < -0.39 is 12.0 Å². The molecule has 6 nitrogen and oxygen atoms in total. The van der Waals surface area contributed by atoms with E-state index in [1.807, 2.05) is 30.3 Å². The summed E-state index contributed by atoms with van der Waals surface area (Å²) < 4.78 is 39.0. The molecule has 1 aromatic heterocycles. The van der Waals surface area contributed by atoms with Crippen LogP contribution in [-0.2, 0) is 18.0 Å². The van der Waals surface area contributed by atoms with Crippen molar-refractivity contribution in [3.63, 3.8) is 0 Å². The number of halogens is 3. The van der Waals surface area contributed by atoms with Gasteiger partial charge in [-0.3, -0.25) is 4.79 Å². The Hall–Kier alpha value is -2.23. The van der Waals surface area contributed by atoms with Gasteiger partial charge in [-0.25, -0.2) is 0 Å². The summed E-state index contributed by atoms with van der Waals surface area (Å²) in [6.07, 6.45) is -4.56. The second-order valence-corrected chi connectivity index (χ2v) is 6.80. The molecule has 140 valence electrons. The summed E-state index contributed by atoms with van der Waals surface area (Å²) >= 11 is 0.967. The Morgan fingerprint density at radius 1 is 1.12 bits per heavy atom. The molecule has 26 heavy (non-hydrogen) atoms. The molecule has 0 spiro atoms. The van der Waals surface area contributed by atoms with E-state index >= 15 is 0 Å². The van der Waals surface area contributed by atoms with Crippen molar-refractivity contribution in [3.05, 3.63) is 36.2 Å². The van der Waals surface area contributed by atoms with Crippen molar-refractivity contribution in [3.8, 4) is 0 Å². The van der Waals surface area contributed by atoms with Gasteiger partial charge in [0.1, 0.15) is 0 Å². The van der Waals surface area contributed by atoms with E-state index in [9.17, 15) is 18.0 Å². The van der Waals surface area contributed by atoms with Gasteiger partial charge in [0, 0.05) is 38.9 Å². The molecule has 0 saturated carbocycles. The second-order valence-electron chi connectivity index (χ2n) is 5.86. The normalized spacial score (nSPS) is 15.4. The molecule has 0 N–H and O–H groups in total. The van der Waals surface area contributed by atoms with Gasteiger partial charge in [-0.15, -0.1) is 10.2 Å². The molecular weight excluding hydrogens is 367 g/mol. The van der Waals surface area contributed by atoms with Gasteiger partial charge in [-0.2, -0.15) is 13.2 Å². The van der Waals surface area contributed by atoms with Crippen LogP contribution in [0, 0.1) is 0 Å². The minimum absolute atomic E-state index is 0.0369. The summed E-state index contributed by atoms with van der Waals surface area (Å²) in [6.45, 7) is 2.62. The zero-order chi connectivity index (χ0) is 18.7. The first-order chi connectivity index (χ1) is 12.4. The van der Waals surface area contributed by atoms with Gasteiger partial charge < -0.3 is 14.4 Å². The number of aromatic nitrogens is 3. The largest absolute Gasteiger partial charge is 0.451 e. The lowest BCUT2D eigenvalue weighted by Crippen LogP contribution is -2.49. The van der Waals surface area contributed by atoms with Gasteiger partial charge in [0.05, 0.1) is 5.75 Å². The molecule has 1 saturated heterocycles. The standard InChI is InChI=1S/C16H18F3N5OS/c1-22-14(16(17,18)19)20-21-15(22)26-11-13(25)24-9-7-23(8-10-24)12-5-3-2-4-6-12/h2-6H,7-11H2,1H3. The molecule has 0 unspecified atom stereocenters. The Morgan fingerprint density at radius 2 is 1.77 bits per heavy atom. The molecule has 0 atom stereocenters. The topological polar surface area (TPSA) is 54.3 Å². The highest BCUT2D eigenvalue weighted by Gasteiger charge is 2.37. The first-order valence-corrected chi connectivity index (χ1v) is 9.02. The van der Waals surface area contributed by atoms with Crippen molar-refractivity contribution in [2.24, 2.45) is 7.05 Å². The second kappa shape index (κ2) is 7.56. The molecule has 1 aliphatic heterocycles. The lowest BCUT2D eigenvalue weighted by Gasteiger charge is -2.36. The monoisotopic (exact) mass is 385 g/mol. The minimum atomic E-state index is -4.56. The molecule has 1 fully saturated rings. The number of carbonyl (C=O) groups is 1. The lowest BCUT2D eigenvalue weighted by molar-refractivity contribution is -0.147. The Labute approximate surface area is 153 Å². The summed E-state index contributed by atoms with van der Waals surface area (Å²) in [4.78, 5) is 16.3. The molecule has 0 aliphatic carbocycles. The van der Waals surface area contributed by atoms with Crippen LogP contribution in [0.5, 0.6) is 0 Å². The van der Waals surface area contributed by atoms with Gasteiger partial charge >= 0.3 is 6.18 Å². The summed E-state index contributed by atoms with van der Waals surface area (Å²) in [6, 6.07) is 9.95. The van der Waals surface area contributed by atoms with Crippen LogP contribution in [0.1, 0.15) is 5.82 Å². The number of para-hydroxylation sites is 1. The summed E-state index contributed by atoms with van der Waals surface area (Å²) in [5.41, 5.74) is 1.12. The number of amides is 1. The maximum absolute atomic E-state index is 12.7. The van der Waals surface area contributed by atoms with Gasteiger partial charge in [0.2, 0.25) is 11.7 Å². The van der Waals surface area contributed by atoms with Gasteiger partial charge in [-0.1, -0.05) is 30.0 Å². The number of hydrogen-bond donors (Lipinski definition) is 0. The number of benzene rings is 1. The Balaban J connectivity index is 1.52. The Kier molecular flexibility index (Phi) is 5.40. The third-order valence-corrected chi connectivity index (χ3v) is 5.17. The summed E-state index contributed by atoms with van der Waals surface area (Å²) in [5.74, 6) is -1.14. The molecule has 10 heteroatoms. The van der Waals surface area contributed by atoms with Crippen molar-refractivity contribution in [2.75, 3.05) is 36.8 Å². The van der Waals surface area contributed by atoms with Crippen LogP contribution in [0.15, 0.2) is 35.5 Å². The van der Waals surface area contributed by atoms with Crippen molar-refractivity contribution >= 4 is 23.4 Å². The predicted octanol–water partition coefficient (Wildman–Crippen LogP) is 2.27. The van der Waals surface area contributed by atoms with E-state index in [0.29, 0.717) is 13.1 Å². The van der Waals surface area contributed by atoms with Crippen molar-refractivity contribution in [1.29, 1.82) is 0 Å². The fourth-order valence-electron chi connectivity index (χ4n) is 2.76. The smallest absolute Gasteiger partial charge is 0.368 e. The molecule has 3 rings (SSSR count). The highest BCUT2D eigenvalue weighted by atomic mass is 32.2. The SMILES string of the molecule is Cn1c(SCC(=O)N2CCN(c3ccccc3)CC2)nnc1C(F)(F)F. The third kappa shape index (κ3) is 4.12. The number of alkyl halides is 3. The van der Waals surface area contributed by atoms with E-state index in [1.54, 1.807) is 4.90 Å². The van der Waals surface area contributed by atoms with E-state index in [-0.39, 0.29) is 16.8 Å². The number of piperazine rings is 1. The minimum Gasteiger partial charge on any atom is -0.368 e. The van der Waals surface area contributed by atoms with Crippen LogP contribution < -0.4 is 4.90 Å². The van der Waals surface area contributed by atoms with E-state index in [0.717, 1.165) is 35.1 Å². The summed E-state index contributed by atoms with van der Waals surface area (Å²) in [7, 11) is 1.24. The first-order valence-electron chi connectivity index (χ1n) is 8.03. The number of nitrogens with zero attached hydrogens (tertiary/aromatic N) is 5. The van der Waals surface area contributed by atoms with Crippen LogP contribution in [0.3, 0.4) is 0 Å². The Bertz CT molecular complexity index is 757. The molecular formula is C16H18F3N5OS. The number of rotatable bonds is 4. The maximum atomic E-state index is 12.7. The van der Waals surface area contributed by atoms with Crippen molar-refractivity contribution in [1.82, 2.24) is 19.7 Å². The highest BCUT2D eigenvalue weighted by molar-refractivity contribution is 7.99. The fraction of sp³-hybridized carbons (Fsp3) is 0.438. The molecule has 0 radical (unpaired) electrons. The quantitative estimate of drug-likeness (QED) is 0.756. The lowest BCUT2D eigenvalue weighted by atomic mass is 10.2. The van der Waals surface area contributed by atoms with E-state index in [1.165, 1.54) is 7.05 Å². The molecule has 1 amide bonds. The van der Waals surface area contributed by atoms with Gasteiger partial charge in [-0.05, 0) is 12.1 Å². The zero-order valence-electron chi connectivity index (χ0n) is 14.1. The van der Waals surface area contributed by atoms with Crippen LogP contribution in [0.2, 0.25) is 0 Å². The van der Waals surface area contributed by atoms with E-state index in [4.69, 9.17) is 0 Å². The van der Waals surface area contributed by atoms with Crippen molar-refractivity contribution in [2.45, 2.75) is 11.3 Å². The van der Waals surface area contributed by atoms with Crippen LogP contribution in [0.25, 0.3) is 0 Å².